The molecule has 1 aromatic rings. The minimum atomic E-state index is -0.618. The van der Waals surface area contributed by atoms with E-state index in [9.17, 15) is 9.50 Å². The lowest BCUT2D eigenvalue weighted by molar-refractivity contribution is 0.178. The van der Waals surface area contributed by atoms with Crippen molar-refractivity contribution in [1.29, 1.82) is 0 Å². The van der Waals surface area contributed by atoms with Gasteiger partial charge in [-0.15, -0.1) is 0 Å². The Hall–Kier alpha value is -1.13. The van der Waals surface area contributed by atoms with Gasteiger partial charge in [0.05, 0.1) is 6.10 Å². The zero-order valence-electron chi connectivity index (χ0n) is 9.29. The number of likely N-dealkylation sites (N-methyl/N-ethyl adjacent to an activating group) is 1. The number of nitrogens with one attached hydrogen (secondary N) is 1. The number of anilines is 1. The standard InChI is InChI=1S/C11H17FN2O/c1-13-7-11(15)9-5-4-8(12)6-10(9)14(2)3/h4-6,11,13,15H,7H2,1-3H3. The molecule has 1 rings (SSSR count). The smallest absolute Gasteiger partial charge is 0.125 e. The number of aliphatic hydroxyl groups is 1. The fraction of sp³-hybridized carbons (Fsp3) is 0.455. The molecular weight excluding hydrogens is 195 g/mol. The second kappa shape index (κ2) is 5.09. The van der Waals surface area contributed by atoms with Crippen molar-refractivity contribution in [3.05, 3.63) is 29.6 Å². The van der Waals surface area contributed by atoms with E-state index in [1.165, 1.54) is 12.1 Å². The molecule has 1 aromatic carbocycles. The average Bonchev–Trinajstić information content (AvgIpc) is 2.17. The third kappa shape index (κ3) is 2.91. The van der Waals surface area contributed by atoms with Gasteiger partial charge in [0, 0.05) is 31.9 Å². The number of benzene rings is 1. The topological polar surface area (TPSA) is 35.5 Å². The number of rotatable bonds is 4. The zero-order chi connectivity index (χ0) is 11.4. The summed E-state index contributed by atoms with van der Waals surface area (Å²) in [6.07, 6.45) is -0.618. The Morgan fingerprint density at radius 1 is 1.47 bits per heavy atom. The predicted octanol–water partition coefficient (Wildman–Crippen LogP) is 1.14. The van der Waals surface area contributed by atoms with Gasteiger partial charge in [-0.05, 0) is 19.2 Å². The fourth-order valence-corrected chi connectivity index (χ4v) is 1.49. The van der Waals surface area contributed by atoms with Crippen molar-refractivity contribution >= 4 is 5.69 Å². The van der Waals surface area contributed by atoms with E-state index < -0.39 is 6.10 Å². The Bertz CT molecular complexity index is 328. The summed E-state index contributed by atoms with van der Waals surface area (Å²) < 4.78 is 13.0. The highest BCUT2D eigenvalue weighted by Gasteiger charge is 2.13. The average molecular weight is 212 g/mol. The summed E-state index contributed by atoms with van der Waals surface area (Å²) in [6, 6.07) is 4.40. The Kier molecular flexibility index (Phi) is 4.05. The Morgan fingerprint density at radius 2 is 2.13 bits per heavy atom. The number of hydrogen-bond donors (Lipinski definition) is 2. The fourth-order valence-electron chi connectivity index (χ4n) is 1.49. The van der Waals surface area contributed by atoms with Gasteiger partial charge in [0.1, 0.15) is 5.82 Å². The van der Waals surface area contributed by atoms with Crippen LogP contribution in [0.5, 0.6) is 0 Å². The van der Waals surface area contributed by atoms with Crippen LogP contribution in [0.2, 0.25) is 0 Å². The van der Waals surface area contributed by atoms with Crippen molar-refractivity contribution in [1.82, 2.24) is 5.32 Å². The molecule has 3 nitrogen and oxygen atoms in total. The first kappa shape index (κ1) is 11.9. The zero-order valence-corrected chi connectivity index (χ0v) is 9.29. The summed E-state index contributed by atoms with van der Waals surface area (Å²) in [5.74, 6) is -0.292. The molecule has 0 radical (unpaired) electrons. The van der Waals surface area contributed by atoms with Crippen molar-refractivity contribution in [2.75, 3.05) is 32.6 Å². The van der Waals surface area contributed by atoms with Crippen LogP contribution in [-0.2, 0) is 0 Å². The van der Waals surface area contributed by atoms with E-state index in [-0.39, 0.29) is 5.82 Å². The first-order valence-corrected chi connectivity index (χ1v) is 4.85. The summed E-state index contributed by atoms with van der Waals surface area (Å²) >= 11 is 0. The minimum Gasteiger partial charge on any atom is -0.387 e. The monoisotopic (exact) mass is 212 g/mol. The van der Waals surface area contributed by atoms with E-state index in [0.29, 0.717) is 12.2 Å². The van der Waals surface area contributed by atoms with E-state index in [1.807, 2.05) is 14.1 Å². The van der Waals surface area contributed by atoms with Gasteiger partial charge in [-0.25, -0.2) is 4.39 Å². The van der Waals surface area contributed by atoms with Crippen molar-refractivity contribution in [3.63, 3.8) is 0 Å². The summed E-state index contributed by atoms with van der Waals surface area (Å²) in [7, 11) is 5.41. The molecule has 0 aliphatic carbocycles. The normalized spacial score (nSPS) is 12.6. The van der Waals surface area contributed by atoms with Crippen LogP contribution in [0.4, 0.5) is 10.1 Å². The van der Waals surface area contributed by atoms with E-state index in [2.05, 4.69) is 5.32 Å². The quantitative estimate of drug-likeness (QED) is 0.785. The number of aliphatic hydroxyl groups excluding tert-OH is 1. The largest absolute Gasteiger partial charge is 0.387 e. The highest BCUT2D eigenvalue weighted by molar-refractivity contribution is 5.53. The molecule has 0 aromatic heterocycles. The predicted molar refractivity (Wildman–Crippen MR) is 59.6 cm³/mol. The van der Waals surface area contributed by atoms with Crippen LogP contribution in [-0.4, -0.2) is 32.8 Å². The molecular formula is C11H17FN2O. The first-order valence-electron chi connectivity index (χ1n) is 4.85. The molecule has 0 aliphatic rings. The third-order valence-electron chi connectivity index (χ3n) is 2.23. The highest BCUT2D eigenvalue weighted by Crippen LogP contribution is 2.25. The Balaban J connectivity index is 3.05. The maximum absolute atomic E-state index is 13.0. The van der Waals surface area contributed by atoms with Gasteiger partial charge in [-0.3, -0.25) is 0 Å². The lowest BCUT2D eigenvalue weighted by Gasteiger charge is -2.20. The van der Waals surface area contributed by atoms with Gasteiger partial charge in [0.2, 0.25) is 0 Å². The molecule has 15 heavy (non-hydrogen) atoms. The van der Waals surface area contributed by atoms with E-state index in [1.54, 1.807) is 18.0 Å². The lowest BCUT2D eigenvalue weighted by atomic mass is 10.1. The maximum Gasteiger partial charge on any atom is 0.125 e. The molecule has 1 unspecified atom stereocenters. The SMILES string of the molecule is CNCC(O)c1ccc(F)cc1N(C)C. The Labute approximate surface area is 89.5 Å². The van der Waals surface area contributed by atoms with Gasteiger partial charge in [0.25, 0.3) is 0 Å². The molecule has 0 bridgehead atoms. The molecule has 2 N–H and O–H groups in total. The van der Waals surface area contributed by atoms with Crippen LogP contribution < -0.4 is 10.2 Å². The molecule has 0 heterocycles. The van der Waals surface area contributed by atoms with Crippen LogP contribution in [0.1, 0.15) is 11.7 Å². The summed E-state index contributed by atoms with van der Waals surface area (Å²) in [5, 5.41) is 12.7. The molecule has 1 atom stereocenters. The number of nitrogens with zero attached hydrogens (tertiary/aromatic N) is 1. The molecule has 84 valence electrons. The third-order valence-corrected chi connectivity index (χ3v) is 2.23. The van der Waals surface area contributed by atoms with Gasteiger partial charge in [0.15, 0.2) is 0 Å². The lowest BCUT2D eigenvalue weighted by Crippen LogP contribution is -2.20. The van der Waals surface area contributed by atoms with Crippen LogP contribution in [0.15, 0.2) is 18.2 Å². The first-order chi connectivity index (χ1) is 7.06. The summed E-state index contributed by atoms with van der Waals surface area (Å²) in [5.41, 5.74) is 1.44. The molecule has 0 saturated heterocycles. The van der Waals surface area contributed by atoms with Crippen LogP contribution in [0.25, 0.3) is 0 Å². The van der Waals surface area contributed by atoms with Crippen LogP contribution in [0, 0.1) is 5.82 Å². The minimum absolute atomic E-state index is 0.292. The highest BCUT2D eigenvalue weighted by atomic mass is 19.1. The van der Waals surface area contributed by atoms with Gasteiger partial charge in [-0.2, -0.15) is 0 Å². The van der Waals surface area contributed by atoms with Gasteiger partial charge >= 0.3 is 0 Å². The van der Waals surface area contributed by atoms with E-state index >= 15 is 0 Å². The number of hydrogen-bond acceptors (Lipinski definition) is 3. The van der Waals surface area contributed by atoms with Crippen LogP contribution in [0.3, 0.4) is 0 Å². The molecule has 0 amide bonds. The second-order valence-corrected chi connectivity index (χ2v) is 3.67. The molecule has 0 spiro atoms. The van der Waals surface area contributed by atoms with Crippen molar-refractivity contribution < 1.29 is 9.50 Å². The second-order valence-electron chi connectivity index (χ2n) is 3.67. The van der Waals surface area contributed by atoms with E-state index in [0.717, 1.165) is 5.56 Å². The summed E-state index contributed by atoms with van der Waals surface area (Å²) in [6.45, 7) is 0.451. The summed E-state index contributed by atoms with van der Waals surface area (Å²) in [4.78, 5) is 1.79. The molecule has 0 saturated carbocycles. The van der Waals surface area contributed by atoms with Gasteiger partial charge in [-0.1, -0.05) is 6.07 Å². The maximum atomic E-state index is 13.0. The van der Waals surface area contributed by atoms with Crippen molar-refractivity contribution in [2.24, 2.45) is 0 Å². The van der Waals surface area contributed by atoms with Crippen LogP contribution >= 0.6 is 0 Å². The molecule has 0 aliphatic heterocycles. The number of halogens is 1. The van der Waals surface area contributed by atoms with Crippen molar-refractivity contribution in [2.45, 2.75) is 6.10 Å². The molecule has 0 fully saturated rings. The van der Waals surface area contributed by atoms with Gasteiger partial charge < -0.3 is 15.3 Å². The van der Waals surface area contributed by atoms with Crippen molar-refractivity contribution in [3.8, 4) is 0 Å². The van der Waals surface area contributed by atoms with E-state index in [4.69, 9.17) is 0 Å². The molecule has 4 heteroatoms. The Morgan fingerprint density at radius 3 is 2.67 bits per heavy atom.